The van der Waals surface area contributed by atoms with Crippen LogP contribution < -0.4 is 5.32 Å². The molecular weight excluding hydrogens is 285 g/mol. The van der Waals surface area contributed by atoms with E-state index in [0.717, 1.165) is 9.53 Å². The minimum absolute atomic E-state index is 0.202. The Balaban J connectivity index is 2.24. The zero-order chi connectivity index (χ0) is 9.68. The van der Waals surface area contributed by atoms with E-state index in [0.29, 0.717) is 6.54 Å². The largest absolute Gasteiger partial charge is 0.468 e. The van der Waals surface area contributed by atoms with Crippen LogP contribution in [0.2, 0.25) is 0 Å². The Labute approximate surface area is 89.8 Å². The predicted octanol–water partition coefficient (Wildman–Crippen LogP) is 1.15. The van der Waals surface area contributed by atoms with Crippen molar-refractivity contribution in [2.75, 3.05) is 13.7 Å². The molecule has 5 heteroatoms. The van der Waals surface area contributed by atoms with Crippen molar-refractivity contribution in [3.63, 3.8) is 0 Å². The monoisotopic (exact) mass is 295 g/mol. The van der Waals surface area contributed by atoms with Crippen molar-refractivity contribution in [2.45, 2.75) is 6.54 Å². The number of hydrogen-bond acceptors (Lipinski definition) is 4. The van der Waals surface area contributed by atoms with E-state index in [4.69, 9.17) is 4.42 Å². The van der Waals surface area contributed by atoms with Crippen LogP contribution in [0.3, 0.4) is 0 Å². The number of hydrogen-bond donors (Lipinski definition) is 1. The van der Waals surface area contributed by atoms with Gasteiger partial charge in [-0.05, 0) is 34.7 Å². The molecule has 1 N–H and O–H groups in total. The van der Waals surface area contributed by atoms with Gasteiger partial charge < -0.3 is 9.15 Å². The summed E-state index contributed by atoms with van der Waals surface area (Å²) >= 11 is 2.09. The van der Waals surface area contributed by atoms with Crippen LogP contribution in [0.5, 0.6) is 0 Å². The third-order valence-electron chi connectivity index (χ3n) is 1.43. The number of rotatable bonds is 4. The van der Waals surface area contributed by atoms with Crippen molar-refractivity contribution in [1.29, 1.82) is 0 Å². The molecule has 0 unspecified atom stereocenters. The first-order chi connectivity index (χ1) is 6.22. The molecule has 1 aromatic heterocycles. The third-order valence-corrected chi connectivity index (χ3v) is 2.00. The minimum Gasteiger partial charge on any atom is -0.468 e. The average molecular weight is 295 g/mol. The van der Waals surface area contributed by atoms with Crippen molar-refractivity contribution in [3.05, 3.63) is 21.7 Å². The van der Waals surface area contributed by atoms with Crippen LogP contribution in [0.15, 0.2) is 16.5 Å². The van der Waals surface area contributed by atoms with Crippen LogP contribution in [0.4, 0.5) is 0 Å². The highest BCUT2D eigenvalue weighted by atomic mass is 127. The Morgan fingerprint density at radius 1 is 1.69 bits per heavy atom. The number of furan rings is 1. The first-order valence-electron chi connectivity index (χ1n) is 3.74. The molecule has 0 saturated heterocycles. The van der Waals surface area contributed by atoms with Crippen molar-refractivity contribution in [2.24, 2.45) is 0 Å². The van der Waals surface area contributed by atoms with E-state index in [1.807, 2.05) is 12.1 Å². The van der Waals surface area contributed by atoms with Crippen LogP contribution >= 0.6 is 22.6 Å². The molecule has 0 amide bonds. The summed E-state index contributed by atoms with van der Waals surface area (Å²) in [7, 11) is 1.36. The van der Waals surface area contributed by atoms with Gasteiger partial charge in [-0.25, -0.2) is 0 Å². The van der Waals surface area contributed by atoms with Crippen LogP contribution in [-0.4, -0.2) is 19.6 Å². The fraction of sp³-hybridized carbons (Fsp3) is 0.375. The van der Waals surface area contributed by atoms with Gasteiger partial charge >= 0.3 is 5.97 Å². The van der Waals surface area contributed by atoms with Crippen molar-refractivity contribution in [3.8, 4) is 0 Å². The van der Waals surface area contributed by atoms with Gasteiger partial charge in [0, 0.05) is 0 Å². The zero-order valence-electron chi connectivity index (χ0n) is 7.17. The van der Waals surface area contributed by atoms with Gasteiger partial charge in [-0.15, -0.1) is 0 Å². The zero-order valence-corrected chi connectivity index (χ0v) is 9.33. The fourth-order valence-corrected chi connectivity index (χ4v) is 1.27. The summed E-state index contributed by atoms with van der Waals surface area (Å²) < 4.78 is 10.6. The lowest BCUT2D eigenvalue weighted by Crippen LogP contribution is -2.23. The highest BCUT2D eigenvalue weighted by Crippen LogP contribution is 2.09. The van der Waals surface area contributed by atoms with E-state index >= 15 is 0 Å². The lowest BCUT2D eigenvalue weighted by molar-refractivity contribution is -0.139. The summed E-state index contributed by atoms with van der Waals surface area (Å²) in [4.78, 5) is 10.7. The van der Waals surface area contributed by atoms with E-state index in [-0.39, 0.29) is 12.5 Å². The summed E-state index contributed by atoms with van der Waals surface area (Å²) in [6, 6.07) is 3.74. The molecule has 13 heavy (non-hydrogen) atoms. The van der Waals surface area contributed by atoms with E-state index in [2.05, 4.69) is 32.6 Å². The van der Waals surface area contributed by atoms with Gasteiger partial charge in [0.15, 0.2) is 3.77 Å². The second-order valence-corrected chi connectivity index (χ2v) is 3.45. The van der Waals surface area contributed by atoms with Gasteiger partial charge in [0.2, 0.25) is 0 Å². The molecule has 72 valence electrons. The highest BCUT2D eigenvalue weighted by molar-refractivity contribution is 14.1. The van der Waals surface area contributed by atoms with Crippen LogP contribution in [0.1, 0.15) is 5.76 Å². The first-order valence-corrected chi connectivity index (χ1v) is 4.82. The lowest BCUT2D eigenvalue weighted by atomic mass is 10.4. The molecule has 0 saturated carbocycles. The van der Waals surface area contributed by atoms with Gasteiger partial charge in [-0.1, -0.05) is 0 Å². The van der Waals surface area contributed by atoms with Gasteiger partial charge in [0.05, 0.1) is 20.2 Å². The van der Waals surface area contributed by atoms with Crippen LogP contribution in [-0.2, 0) is 16.1 Å². The van der Waals surface area contributed by atoms with Gasteiger partial charge in [0.25, 0.3) is 0 Å². The maximum atomic E-state index is 10.7. The summed E-state index contributed by atoms with van der Waals surface area (Å²) in [6.45, 7) is 0.742. The SMILES string of the molecule is COC(=O)CNCc1ccc(I)o1. The predicted molar refractivity (Wildman–Crippen MR) is 55.1 cm³/mol. The molecule has 1 heterocycles. The summed E-state index contributed by atoms with van der Waals surface area (Å²) in [6.07, 6.45) is 0. The number of methoxy groups -OCH3 is 1. The van der Waals surface area contributed by atoms with E-state index in [1.165, 1.54) is 7.11 Å². The van der Waals surface area contributed by atoms with Crippen LogP contribution in [0.25, 0.3) is 0 Å². The Morgan fingerprint density at radius 2 is 2.46 bits per heavy atom. The molecule has 1 rings (SSSR count). The standard InChI is InChI=1S/C8H10INO3/c1-12-8(11)5-10-4-6-2-3-7(9)13-6/h2-3,10H,4-5H2,1H3. The molecule has 1 aromatic rings. The maximum absolute atomic E-state index is 10.7. The average Bonchev–Trinajstić information content (AvgIpc) is 2.51. The van der Waals surface area contributed by atoms with Crippen LogP contribution in [0, 0.1) is 3.77 Å². The topological polar surface area (TPSA) is 51.5 Å². The Morgan fingerprint density at radius 3 is 3.00 bits per heavy atom. The second kappa shape index (κ2) is 5.23. The minimum atomic E-state index is -0.277. The molecular formula is C8H10INO3. The normalized spacial score (nSPS) is 10.0. The number of carbonyl (C=O) groups is 1. The molecule has 0 atom stereocenters. The van der Waals surface area contributed by atoms with Crippen molar-refractivity contribution in [1.82, 2.24) is 5.32 Å². The van der Waals surface area contributed by atoms with E-state index < -0.39 is 0 Å². The quantitative estimate of drug-likeness (QED) is 0.668. The molecule has 4 nitrogen and oxygen atoms in total. The summed E-state index contributed by atoms with van der Waals surface area (Å²) in [5, 5.41) is 2.89. The number of carbonyl (C=O) groups excluding carboxylic acids is 1. The van der Waals surface area contributed by atoms with Crippen molar-refractivity contribution >= 4 is 28.6 Å². The van der Waals surface area contributed by atoms with Gasteiger partial charge in [-0.3, -0.25) is 10.1 Å². The Kier molecular flexibility index (Phi) is 4.23. The van der Waals surface area contributed by atoms with Gasteiger partial charge in [0.1, 0.15) is 5.76 Å². The summed E-state index contributed by atoms with van der Waals surface area (Å²) in [5.74, 6) is 0.537. The molecule has 0 aliphatic heterocycles. The number of esters is 1. The number of ether oxygens (including phenoxy) is 1. The Hall–Kier alpha value is -0.560. The molecule has 0 aliphatic carbocycles. The maximum Gasteiger partial charge on any atom is 0.319 e. The Bertz CT molecular complexity index is 285. The van der Waals surface area contributed by atoms with Gasteiger partial charge in [-0.2, -0.15) is 0 Å². The molecule has 0 aromatic carbocycles. The molecule has 0 radical (unpaired) electrons. The molecule has 0 bridgehead atoms. The first kappa shape index (κ1) is 10.5. The highest BCUT2D eigenvalue weighted by Gasteiger charge is 2.01. The lowest BCUT2D eigenvalue weighted by Gasteiger charge is -1.99. The second-order valence-electron chi connectivity index (χ2n) is 2.39. The molecule has 0 fully saturated rings. The van der Waals surface area contributed by atoms with Crippen molar-refractivity contribution < 1.29 is 13.9 Å². The fourth-order valence-electron chi connectivity index (χ4n) is 0.807. The van der Waals surface area contributed by atoms with E-state index in [1.54, 1.807) is 0 Å². The number of halogens is 1. The van der Waals surface area contributed by atoms with E-state index in [9.17, 15) is 4.79 Å². The summed E-state index contributed by atoms with van der Waals surface area (Å²) in [5.41, 5.74) is 0. The number of nitrogens with one attached hydrogen (secondary N) is 1. The molecule has 0 spiro atoms. The smallest absolute Gasteiger partial charge is 0.319 e. The third kappa shape index (κ3) is 3.77. The molecule has 0 aliphatic rings.